The Labute approximate surface area is 218 Å². The number of benzene rings is 3. The fraction of sp³-hybridized carbons (Fsp3) is 0.269. The number of amides is 1. The highest BCUT2D eigenvalue weighted by molar-refractivity contribution is 7.92. The molecule has 0 radical (unpaired) electrons. The van der Waals surface area contributed by atoms with Crippen LogP contribution < -0.4 is 9.04 Å². The summed E-state index contributed by atoms with van der Waals surface area (Å²) in [6.45, 7) is 2.10. The third-order valence-corrected chi connectivity index (χ3v) is 9.09. The van der Waals surface area contributed by atoms with Crippen molar-refractivity contribution in [1.29, 1.82) is 0 Å². The maximum absolute atomic E-state index is 13.0. The first kappa shape index (κ1) is 26.6. The van der Waals surface area contributed by atoms with Crippen LogP contribution in [0.1, 0.15) is 5.56 Å². The van der Waals surface area contributed by atoms with Crippen LogP contribution in [0.5, 0.6) is 11.5 Å². The van der Waals surface area contributed by atoms with Crippen LogP contribution in [0.25, 0.3) is 0 Å². The summed E-state index contributed by atoms with van der Waals surface area (Å²) in [5, 5.41) is 0. The summed E-state index contributed by atoms with van der Waals surface area (Å²) in [4.78, 5) is 14.7. The summed E-state index contributed by atoms with van der Waals surface area (Å²) in [6, 6.07) is 22.2. The average molecular weight is 544 g/mol. The fourth-order valence-electron chi connectivity index (χ4n) is 3.97. The molecule has 1 aliphatic heterocycles. The molecule has 1 fully saturated rings. The van der Waals surface area contributed by atoms with Crippen molar-refractivity contribution in [3.63, 3.8) is 0 Å². The first-order valence-electron chi connectivity index (χ1n) is 11.7. The van der Waals surface area contributed by atoms with E-state index < -0.39 is 26.0 Å². The number of nitrogens with zero attached hydrogens (tertiary/aromatic N) is 3. The molecule has 9 nitrogen and oxygen atoms in total. The van der Waals surface area contributed by atoms with E-state index >= 15 is 0 Å². The van der Waals surface area contributed by atoms with Gasteiger partial charge in [-0.05, 0) is 55.5 Å². The maximum atomic E-state index is 13.0. The number of piperazine rings is 1. The van der Waals surface area contributed by atoms with Gasteiger partial charge in [0.1, 0.15) is 18.0 Å². The van der Waals surface area contributed by atoms with Crippen LogP contribution >= 0.6 is 0 Å². The van der Waals surface area contributed by atoms with Gasteiger partial charge in [0.25, 0.3) is 0 Å². The molecule has 0 atom stereocenters. The van der Waals surface area contributed by atoms with Crippen LogP contribution in [0.3, 0.4) is 0 Å². The predicted octanol–water partition coefficient (Wildman–Crippen LogP) is 3.09. The Morgan fingerprint density at radius 2 is 1.38 bits per heavy atom. The van der Waals surface area contributed by atoms with Crippen molar-refractivity contribution in [1.82, 2.24) is 9.21 Å². The van der Waals surface area contributed by atoms with Crippen molar-refractivity contribution in [2.75, 3.05) is 43.3 Å². The number of para-hydroxylation sites is 1. The van der Waals surface area contributed by atoms with Gasteiger partial charge in [-0.3, -0.25) is 9.10 Å². The van der Waals surface area contributed by atoms with E-state index in [4.69, 9.17) is 4.74 Å². The summed E-state index contributed by atoms with van der Waals surface area (Å²) in [6.07, 6.45) is 1.04. The van der Waals surface area contributed by atoms with E-state index in [1.54, 1.807) is 60.7 Å². The van der Waals surface area contributed by atoms with E-state index in [2.05, 4.69) is 0 Å². The second-order valence-electron chi connectivity index (χ2n) is 8.78. The fourth-order valence-corrected chi connectivity index (χ4v) is 6.24. The first-order valence-corrected chi connectivity index (χ1v) is 15.0. The van der Waals surface area contributed by atoms with Gasteiger partial charge < -0.3 is 9.64 Å². The molecule has 3 aromatic rings. The molecular weight excluding hydrogens is 514 g/mol. The lowest BCUT2D eigenvalue weighted by molar-refractivity contribution is -0.130. The number of ether oxygens (including phenoxy) is 1. The molecule has 1 aliphatic rings. The van der Waals surface area contributed by atoms with Crippen molar-refractivity contribution < 1.29 is 26.4 Å². The van der Waals surface area contributed by atoms with Gasteiger partial charge in [-0.25, -0.2) is 16.8 Å². The number of carbonyl (C=O) groups is 1. The standard InChI is InChI=1S/C26H29N3O6S2/c1-21-8-14-25(15-9-21)37(33,34)28-18-16-27(17-19-28)26(30)20-29(36(2,31)32)22-10-12-24(13-11-22)35-23-6-4-3-5-7-23/h3-15H,16-20H2,1-2H3. The van der Waals surface area contributed by atoms with Crippen LogP contribution in [-0.4, -0.2) is 70.9 Å². The van der Waals surface area contributed by atoms with E-state index in [0.29, 0.717) is 17.2 Å². The van der Waals surface area contributed by atoms with Crippen molar-refractivity contribution >= 4 is 31.6 Å². The van der Waals surface area contributed by atoms with Gasteiger partial charge in [0, 0.05) is 26.2 Å². The van der Waals surface area contributed by atoms with Crippen molar-refractivity contribution in [3.8, 4) is 11.5 Å². The minimum Gasteiger partial charge on any atom is -0.457 e. The van der Waals surface area contributed by atoms with Crippen molar-refractivity contribution in [2.45, 2.75) is 11.8 Å². The lowest BCUT2D eigenvalue weighted by Crippen LogP contribution is -2.53. The highest BCUT2D eigenvalue weighted by Crippen LogP contribution is 2.26. The summed E-state index contributed by atoms with van der Waals surface area (Å²) < 4.78 is 59.1. The molecular formula is C26H29N3O6S2. The van der Waals surface area contributed by atoms with Crippen LogP contribution in [0.2, 0.25) is 0 Å². The third-order valence-electron chi connectivity index (χ3n) is 6.03. The SMILES string of the molecule is Cc1ccc(S(=O)(=O)N2CCN(C(=O)CN(c3ccc(Oc4ccccc4)cc3)S(C)(=O)=O)CC2)cc1. The molecule has 1 heterocycles. The molecule has 4 rings (SSSR count). The summed E-state index contributed by atoms with van der Waals surface area (Å²) in [5.41, 5.74) is 1.29. The Hall–Kier alpha value is -3.41. The van der Waals surface area contributed by atoms with Gasteiger partial charge >= 0.3 is 0 Å². The minimum atomic E-state index is -3.76. The van der Waals surface area contributed by atoms with Crippen molar-refractivity contribution in [2.24, 2.45) is 0 Å². The molecule has 196 valence electrons. The number of aryl methyl sites for hydroxylation is 1. The number of anilines is 1. The second-order valence-corrected chi connectivity index (χ2v) is 12.6. The summed E-state index contributed by atoms with van der Waals surface area (Å²) in [7, 11) is -7.43. The van der Waals surface area contributed by atoms with Crippen LogP contribution in [0.15, 0.2) is 83.8 Å². The second kappa shape index (κ2) is 10.9. The van der Waals surface area contributed by atoms with Gasteiger partial charge in [0.05, 0.1) is 16.8 Å². The van der Waals surface area contributed by atoms with Crippen molar-refractivity contribution in [3.05, 3.63) is 84.4 Å². The maximum Gasteiger partial charge on any atom is 0.243 e. The lowest BCUT2D eigenvalue weighted by Gasteiger charge is -2.35. The molecule has 3 aromatic carbocycles. The zero-order valence-corrected chi connectivity index (χ0v) is 22.3. The highest BCUT2D eigenvalue weighted by Gasteiger charge is 2.31. The molecule has 0 saturated carbocycles. The van der Waals surface area contributed by atoms with E-state index in [1.165, 1.54) is 9.21 Å². The van der Waals surface area contributed by atoms with Gasteiger partial charge in [-0.15, -0.1) is 0 Å². The molecule has 0 aromatic heterocycles. The molecule has 0 spiro atoms. The Bertz CT molecular complexity index is 1430. The number of carbonyl (C=O) groups excluding carboxylic acids is 1. The molecule has 1 saturated heterocycles. The van der Waals surface area contributed by atoms with Gasteiger partial charge in [-0.1, -0.05) is 35.9 Å². The van der Waals surface area contributed by atoms with Gasteiger partial charge in [0.2, 0.25) is 26.0 Å². The lowest BCUT2D eigenvalue weighted by atomic mass is 10.2. The van der Waals surface area contributed by atoms with Crippen LogP contribution in [-0.2, 0) is 24.8 Å². The largest absolute Gasteiger partial charge is 0.457 e. The normalized spacial score (nSPS) is 14.8. The third kappa shape index (κ3) is 6.48. The molecule has 0 bridgehead atoms. The predicted molar refractivity (Wildman–Crippen MR) is 142 cm³/mol. The van der Waals surface area contributed by atoms with Gasteiger partial charge in [-0.2, -0.15) is 4.31 Å². The Morgan fingerprint density at radius 3 is 1.95 bits per heavy atom. The summed E-state index contributed by atoms with van der Waals surface area (Å²) in [5.74, 6) is 0.775. The van der Waals surface area contributed by atoms with Gasteiger partial charge in [0.15, 0.2) is 0 Å². The Balaban J connectivity index is 1.40. The van der Waals surface area contributed by atoms with E-state index in [1.807, 2.05) is 25.1 Å². The number of hydrogen-bond acceptors (Lipinski definition) is 6. The Kier molecular flexibility index (Phi) is 7.86. The average Bonchev–Trinajstić information content (AvgIpc) is 2.88. The number of sulfonamides is 2. The van der Waals surface area contributed by atoms with E-state index in [0.717, 1.165) is 16.1 Å². The zero-order valence-electron chi connectivity index (χ0n) is 20.6. The minimum absolute atomic E-state index is 0.131. The molecule has 1 amide bonds. The topological polar surface area (TPSA) is 104 Å². The zero-order chi connectivity index (χ0) is 26.6. The Morgan fingerprint density at radius 1 is 0.811 bits per heavy atom. The number of rotatable bonds is 8. The van der Waals surface area contributed by atoms with Crippen LogP contribution in [0.4, 0.5) is 5.69 Å². The van der Waals surface area contributed by atoms with E-state index in [9.17, 15) is 21.6 Å². The number of hydrogen-bond donors (Lipinski definition) is 0. The van der Waals surface area contributed by atoms with Crippen LogP contribution in [0, 0.1) is 6.92 Å². The smallest absolute Gasteiger partial charge is 0.243 e. The molecule has 0 N–H and O–H groups in total. The van der Waals surface area contributed by atoms with E-state index in [-0.39, 0.29) is 37.6 Å². The first-order chi connectivity index (χ1) is 17.5. The molecule has 0 unspecified atom stereocenters. The molecule has 37 heavy (non-hydrogen) atoms. The molecule has 0 aliphatic carbocycles. The molecule has 11 heteroatoms. The summed E-state index contributed by atoms with van der Waals surface area (Å²) >= 11 is 0. The monoisotopic (exact) mass is 543 g/mol. The highest BCUT2D eigenvalue weighted by atomic mass is 32.2. The quantitative estimate of drug-likeness (QED) is 0.433.